The molecule has 2 N–H and O–H groups in total. The summed E-state index contributed by atoms with van der Waals surface area (Å²) < 4.78 is 4.92. The minimum Gasteiger partial charge on any atom is -0.451 e. The highest BCUT2D eigenvalue weighted by Crippen LogP contribution is 2.25. The zero-order chi connectivity index (χ0) is 15.8. The molecule has 7 heteroatoms. The van der Waals surface area contributed by atoms with E-state index in [0.29, 0.717) is 4.88 Å². The van der Waals surface area contributed by atoms with Crippen LogP contribution in [-0.2, 0) is 27.2 Å². The number of ether oxygens (including phenoxy) is 1. The second-order valence-corrected chi connectivity index (χ2v) is 5.60. The Kier molecular flexibility index (Phi) is 6.87. The minimum absolute atomic E-state index is 0.398. The number of hydrogen-bond acceptors (Lipinski definition) is 5. The standard InChI is InChI=1S/C14H20N2O4S/c1-4-6-11-10(5-2)7-12(21-11)14(19)20-8-13(18)16-15-9(3)17/h7H,4-6,8H2,1-3H3,(H,15,17)(H,16,18). The van der Waals surface area contributed by atoms with Gasteiger partial charge in [0.1, 0.15) is 4.88 Å². The van der Waals surface area contributed by atoms with Crippen LogP contribution in [0.5, 0.6) is 0 Å². The van der Waals surface area contributed by atoms with Gasteiger partial charge in [-0.3, -0.25) is 20.4 Å². The molecule has 0 aromatic carbocycles. The van der Waals surface area contributed by atoms with Crippen molar-refractivity contribution in [2.75, 3.05) is 6.61 Å². The van der Waals surface area contributed by atoms with Gasteiger partial charge in [-0.1, -0.05) is 20.3 Å². The summed E-state index contributed by atoms with van der Waals surface area (Å²) in [6.07, 6.45) is 2.81. The molecule has 1 aromatic rings. The Bertz CT molecular complexity index is 525. The number of amides is 2. The van der Waals surface area contributed by atoms with E-state index >= 15 is 0 Å². The van der Waals surface area contributed by atoms with E-state index in [1.165, 1.54) is 23.1 Å². The predicted molar refractivity (Wildman–Crippen MR) is 79.9 cm³/mol. The van der Waals surface area contributed by atoms with Crippen molar-refractivity contribution in [2.24, 2.45) is 0 Å². The number of carbonyl (C=O) groups excluding carboxylic acids is 3. The monoisotopic (exact) mass is 312 g/mol. The van der Waals surface area contributed by atoms with Gasteiger partial charge >= 0.3 is 5.97 Å². The van der Waals surface area contributed by atoms with E-state index in [1.54, 1.807) is 0 Å². The first-order valence-electron chi connectivity index (χ1n) is 6.82. The second kappa shape index (κ2) is 8.41. The summed E-state index contributed by atoms with van der Waals surface area (Å²) in [5.74, 6) is -1.50. The highest BCUT2D eigenvalue weighted by Gasteiger charge is 2.16. The molecular formula is C14H20N2O4S. The lowest BCUT2D eigenvalue weighted by Crippen LogP contribution is -2.42. The van der Waals surface area contributed by atoms with Crippen LogP contribution in [0, 0.1) is 0 Å². The summed E-state index contributed by atoms with van der Waals surface area (Å²) in [5.41, 5.74) is 5.39. The molecule has 0 bridgehead atoms. The van der Waals surface area contributed by atoms with Crippen LogP contribution in [0.3, 0.4) is 0 Å². The Morgan fingerprint density at radius 1 is 1.24 bits per heavy atom. The molecule has 0 atom stereocenters. The molecule has 0 fully saturated rings. The third-order valence-electron chi connectivity index (χ3n) is 2.67. The molecule has 0 aliphatic heterocycles. The van der Waals surface area contributed by atoms with Crippen LogP contribution in [0.4, 0.5) is 0 Å². The Labute approximate surface area is 127 Å². The van der Waals surface area contributed by atoms with Crippen molar-refractivity contribution in [1.82, 2.24) is 10.9 Å². The lowest BCUT2D eigenvalue weighted by molar-refractivity contribution is -0.129. The van der Waals surface area contributed by atoms with Crippen molar-refractivity contribution < 1.29 is 19.1 Å². The average Bonchev–Trinajstić information content (AvgIpc) is 2.86. The van der Waals surface area contributed by atoms with Crippen molar-refractivity contribution >= 4 is 29.1 Å². The summed E-state index contributed by atoms with van der Waals surface area (Å²) in [7, 11) is 0. The number of esters is 1. The van der Waals surface area contributed by atoms with Gasteiger partial charge in [0.2, 0.25) is 5.91 Å². The molecule has 116 valence electrons. The molecule has 0 spiro atoms. The summed E-state index contributed by atoms with van der Waals surface area (Å²) in [6, 6.07) is 1.82. The van der Waals surface area contributed by atoms with Crippen LogP contribution in [0.2, 0.25) is 0 Å². The Balaban J connectivity index is 2.55. The first-order valence-corrected chi connectivity index (χ1v) is 7.63. The van der Waals surface area contributed by atoms with Gasteiger partial charge in [-0.05, 0) is 24.5 Å². The molecule has 0 aliphatic carbocycles. The van der Waals surface area contributed by atoms with E-state index in [4.69, 9.17) is 4.74 Å². The largest absolute Gasteiger partial charge is 0.451 e. The smallest absolute Gasteiger partial charge is 0.348 e. The van der Waals surface area contributed by atoms with Gasteiger partial charge in [0, 0.05) is 11.8 Å². The van der Waals surface area contributed by atoms with Gasteiger partial charge in [-0.2, -0.15) is 0 Å². The number of carbonyl (C=O) groups is 3. The molecule has 2 amide bonds. The fourth-order valence-electron chi connectivity index (χ4n) is 1.70. The Morgan fingerprint density at radius 2 is 1.95 bits per heavy atom. The van der Waals surface area contributed by atoms with Crippen LogP contribution in [0.25, 0.3) is 0 Å². The third-order valence-corrected chi connectivity index (χ3v) is 3.89. The van der Waals surface area contributed by atoms with Crippen molar-refractivity contribution in [3.8, 4) is 0 Å². The molecule has 0 saturated carbocycles. The normalized spacial score (nSPS) is 10.0. The van der Waals surface area contributed by atoms with Crippen LogP contribution in [0.15, 0.2) is 6.07 Å². The van der Waals surface area contributed by atoms with Crippen molar-refractivity contribution in [2.45, 2.75) is 40.0 Å². The van der Waals surface area contributed by atoms with Crippen LogP contribution >= 0.6 is 11.3 Å². The van der Waals surface area contributed by atoms with Crippen molar-refractivity contribution in [3.05, 3.63) is 21.4 Å². The van der Waals surface area contributed by atoms with E-state index in [2.05, 4.69) is 17.8 Å². The topological polar surface area (TPSA) is 84.5 Å². The second-order valence-electron chi connectivity index (χ2n) is 4.47. The third kappa shape index (κ3) is 5.55. The summed E-state index contributed by atoms with van der Waals surface area (Å²) in [5, 5.41) is 0. The van der Waals surface area contributed by atoms with E-state index in [0.717, 1.165) is 24.8 Å². The summed E-state index contributed by atoms with van der Waals surface area (Å²) in [6.45, 7) is 4.96. The molecule has 1 heterocycles. The van der Waals surface area contributed by atoms with Gasteiger partial charge in [-0.15, -0.1) is 11.3 Å². The number of rotatable bonds is 6. The van der Waals surface area contributed by atoms with Crippen molar-refractivity contribution in [1.29, 1.82) is 0 Å². The molecule has 0 unspecified atom stereocenters. The minimum atomic E-state index is -0.584. The average molecular weight is 312 g/mol. The van der Waals surface area contributed by atoms with Crippen LogP contribution in [0.1, 0.15) is 47.3 Å². The first-order chi connectivity index (χ1) is 9.97. The zero-order valence-corrected chi connectivity index (χ0v) is 13.3. The highest BCUT2D eigenvalue weighted by atomic mass is 32.1. The summed E-state index contributed by atoms with van der Waals surface area (Å²) in [4.78, 5) is 35.5. The lowest BCUT2D eigenvalue weighted by Gasteiger charge is -2.05. The van der Waals surface area contributed by atoms with E-state index < -0.39 is 24.4 Å². The maximum absolute atomic E-state index is 11.9. The number of hydrogen-bond donors (Lipinski definition) is 2. The molecule has 1 aromatic heterocycles. The number of thiophene rings is 1. The van der Waals surface area contributed by atoms with Gasteiger partial charge in [-0.25, -0.2) is 4.79 Å². The molecular weight excluding hydrogens is 292 g/mol. The maximum atomic E-state index is 11.9. The Morgan fingerprint density at radius 3 is 2.52 bits per heavy atom. The molecule has 0 saturated heterocycles. The number of hydrazine groups is 1. The zero-order valence-electron chi connectivity index (χ0n) is 12.4. The van der Waals surface area contributed by atoms with Gasteiger partial charge in [0.05, 0.1) is 0 Å². The number of aryl methyl sites for hydroxylation is 2. The van der Waals surface area contributed by atoms with Gasteiger partial charge in [0.25, 0.3) is 5.91 Å². The molecule has 21 heavy (non-hydrogen) atoms. The molecule has 6 nitrogen and oxygen atoms in total. The fraction of sp³-hybridized carbons (Fsp3) is 0.500. The predicted octanol–water partition coefficient (Wildman–Crippen LogP) is 1.59. The van der Waals surface area contributed by atoms with E-state index in [-0.39, 0.29) is 0 Å². The molecule has 1 rings (SSSR count). The van der Waals surface area contributed by atoms with Crippen LogP contribution in [-0.4, -0.2) is 24.4 Å². The summed E-state index contributed by atoms with van der Waals surface area (Å²) >= 11 is 1.41. The molecule has 0 aliphatic rings. The number of nitrogens with one attached hydrogen (secondary N) is 2. The van der Waals surface area contributed by atoms with E-state index in [9.17, 15) is 14.4 Å². The van der Waals surface area contributed by atoms with Gasteiger partial charge < -0.3 is 4.74 Å². The van der Waals surface area contributed by atoms with Gasteiger partial charge in [0.15, 0.2) is 6.61 Å². The SMILES string of the molecule is CCCc1sc(C(=O)OCC(=O)NNC(C)=O)cc1CC. The van der Waals surface area contributed by atoms with Crippen molar-refractivity contribution in [3.63, 3.8) is 0 Å². The Hall–Kier alpha value is -1.89. The van der Waals surface area contributed by atoms with Crippen LogP contribution < -0.4 is 10.9 Å². The van der Waals surface area contributed by atoms with E-state index in [1.807, 2.05) is 13.0 Å². The molecule has 0 radical (unpaired) electrons. The first kappa shape index (κ1) is 17.2. The quantitative estimate of drug-likeness (QED) is 0.617. The highest BCUT2D eigenvalue weighted by molar-refractivity contribution is 7.14. The lowest BCUT2D eigenvalue weighted by atomic mass is 10.1. The maximum Gasteiger partial charge on any atom is 0.348 e. The fourth-order valence-corrected chi connectivity index (χ4v) is 2.95.